The summed E-state index contributed by atoms with van der Waals surface area (Å²) in [5, 5.41) is 2.85. The van der Waals surface area contributed by atoms with Crippen molar-refractivity contribution in [3.8, 4) is 5.75 Å². The number of anilines is 1. The van der Waals surface area contributed by atoms with Crippen molar-refractivity contribution in [1.29, 1.82) is 0 Å². The molecule has 1 fully saturated rings. The van der Waals surface area contributed by atoms with E-state index in [0.29, 0.717) is 22.7 Å². The van der Waals surface area contributed by atoms with E-state index in [9.17, 15) is 4.57 Å². The lowest BCUT2D eigenvalue weighted by Gasteiger charge is -2.25. The molecule has 1 aliphatic heterocycles. The molecule has 2 aromatic heterocycles. The number of rotatable bonds is 11. The van der Waals surface area contributed by atoms with Crippen LogP contribution in [0.3, 0.4) is 0 Å². The smallest absolute Gasteiger partial charge is 0.413 e. The largest absolute Gasteiger partial charge is 0.465 e. The van der Waals surface area contributed by atoms with Gasteiger partial charge in [0.2, 0.25) is 0 Å². The lowest BCUT2D eigenvalue weighted by molar-refractivity contribution is -0.0179. The quantitative estimate of drug-likeness (QED) is 0.358. The summed E-state index contributed by atoms with van der Waals surface area (Å²) < 4.78 is 43.7. The van der Waals surface area contributed by atoms with Crippen molar-refractivity contribution in [3.63, 3.8) is 0 Å². The van der Waals surface area contributed by atoms with Crippen molar-refractivity contribution >= 4 is 33.3 Å². The summed E-state index contributed by atoms with van der Waals surface area (Å²) in [5.41, 5.74) is 7.02. The molecule has 0 radical (unpaired) electrons. The number of hydrogen-bond donors (Lipinski definition) is 2. The number of nitrogens with one attached hydrogen (secondary N) is 1. The SMILES string of the molecule is COP(OCC1CCC(n2cnc3c(N)ncnc32)O1)OP(=O)(NC(C)C)Oc1ccccc1. The topological polar surface area (TPSA) is 145 Å². The first kappa shape index (κ1) is 24.9. The third-order valence-corrected chi connectivity index (χ3v) is 8.19. The van der Waals surface area contributed by atoms with Gasteiger partial charge < -0.3 is 24.0 Å². The Morgan fingerprint density at radius 1 is 1.26 bits per heavy atom. The highest BCUT2D eigenvalue weighted by molar-refractivity contribution is 7.61. The first-order chi connectivity index (χ1) is 16.4. The van der Waals surface area contributed by atoms with Gasteiger partial charge in [-0.1, -0.05) is 18.2 Å². The zero-order valence-corrected chi connectivity index (χ0v) is 20.9. The van der Waals surface area contributed by atoms with Crippen LogP contribution >= 0.6 is 16.3 Å². The molecule has 0 bridgehead atoms. The van der Waals surface area contributed by atoms with E-state index < -0.39 is 16.3 Å². The fourth-order valence-electron chi connectivity index (χ4n) is 3.44. The number of nitrogen functional groups attached to an aromatic ring is 1. The van der Waals surface area contributed by atoms with Crippen LogP contribution in [-0.2, 0) is 22.7 Å². The first-order valence-corrected chi connectivity index (χ1v) is 13.4. The van der Waals surface area contributed by atoms with Gasteiger partial charge in [0, 0.05) is 13.2 Å². The van der Waals surface area contributed by atoms with Crippen LogP contribution in [0.5, 0.6) is 5.75 Å². The van der Waals surface area contributed by atoms with Gasteiger partial charge in [0.05, 0.1) is 19.0 Å². The summed E-state index contributed by atoms with van der Waals surface area (Å²) in [6, 6.07) is 8.62. The Balaban J connectivity index is 1.36. The number of imidazole rings is 1. The van der Waals surface area contributed by atoms with Gasteiger partial charge >= 0.3 is 16.3 Å². The van der Waals surface area contributed by atoms with E-state index in [2.05, 4.69) is 20.0 Å². The molecular formula is C20H28N6O6P2. The second-order valence-electron chi connectivity index (χ2n) is 7.84. The second-order valence-corrected chi connectivity index (χ2v) is 11.0. The summed E-state index contributed by atoms with van der Waals surface area (Å²) in [5.74, 6) is 0.727. The van der Waals surface area contributed by atoms with Crippen molar-refractivity contribution in [1.82, 2.24) is 24.6 Å². The van der Waals surface area contributed by atoms with Gasteiger partial charge in [-0.05, 0) is 38.8 Å². The highest BCUT2D eigenvalue weighted by Gasteiger charge is 2.35. The van der Waals surface area contributed by atoms with Gasteiger partial charge in [-0.25, -0.2) is 28.9 Å². The van der Waals surface area contributed by atoms with E-state index in [1.807, 2.05) is 24.5 Å². The Bertz CT molecular complexity index is 1130. The minimum Gasteiger partial charge on any atom is -0.413 e. The second kappa shape index (κ2) is 11.0. The van der Waals surface area contributed by atoms with E-state index in [1.54, 1.807) is 30.6 Å². The maximum Gasteiger partial charge on any atom is 0.465 e. The molecular weight excluding hydrogens is 482 g/mol. The van der Waals surface area contributed by atoms with E-state index in [-0.39, 0.29) is 25.0 Å². The Kier molecular flexibility index (Phi) is 8.10. The van der Waals surface area contributed by atoms with Gasteiger partial charge in [0.25, 0.3) is 0 Å². The molecule has 0 aliphatic carbocycles. The van der Waals surface area contributed by atoms with Crippen LogP contribution in [0.25, 0.3) is 11.2 Å². The summed E-state index contributed by atoms with van der Waals surface area (Å²) in [6.45, 7) is 3.86. The average Bonchev–Trinajstić information content (AvgIpc) is 3.44. The van der Waals surface area contributed by atoms with E-state index >= 15 is 0 Å². The maximum atomic E-state index is 13.4. The van der Waals surface area contributed by atoms with Crippen molar-refractivity contribution in [3.05, 3.63) is 43.0 Å². The summed E-state index contributed by atoms with van der Waals surface area (Å²) >= 11 is 0. The Labute approximate surface area is 198 Å². The fourth-order valence-corrected chi connectivity index (χ4v) is 6.40. The number of nitrogens with zero attached hydrogens (tertiary/aromatic N) is 4. The van der Waals surface area contributed by atoms with Gasteiger partial charge in [0.15, 0.2) is 11.5 Å². The molecule has 4 rings (SSSR count). The highest BCUT2D eigenvalue weighted by Crippen LogP contribution is 2.58. The van der Waals surface area contributed by atoms with Crippen molar-refractivity contribution in [2.45, 2.75) is 45.1 Å². The summed E-state index contributed by atoms with van der Waals surface area (Å²) in [7, 11) is -4.31. The molecule has 3 aromatic rings. The highest BCUT2D eigenvalue weighted by atomic mass is 31.3. The molecule has 1 saturated heterocycles. The van der Waals surface area contributed by atoms with Gasteiger partial charge in [0.1, 0.15) is 23.8 Å². The first-order valence-electron chi connectivity index (χ1n) is 10.7. The van der Waals surface area contributed by atoms with Crippen LogP contribution < -0.4 is 15.3 Å². The fraction of sp³-hybridized carbons (Fsp3) is 0.450. The van der Waals surface area contributed by atoms with Crippen molar-refractivity contribution in [2.75, 3.05) is 19.5 Å². The van der Waals surface area contributed by atoms with E-state index in [0.717, 1.165) is 12.8 Å². The van der Waals surface area contributed by atoms with Crippen LogP contribution in [0, 0.1) is 0 Å². The predicted molar refractivity (Wildman–Crippen MR) is 127 cm³/mol. The molecule has 4 unspecified atom stereocenters. The minimum atomic E-state index is -3.77. The molecule has 1 aliphatic rings. The molecule has 184 valence electrons. The monoisotopic (exact) mass is 510 g/mol. The molecule has 4 atom stereocenters. The van der Waals surface area contributed by atoms with Crippen LogP contribution in [0.2, 0.25) is 0 Å². The minimum absolute atomic E-state index is 0.162. The third-order valence-electron chi connectivity index (χ3n) is 4.86. The molecule has 3 heterocycles. The van der Waals surface area contributed by atoms with Gasteiger partial charge in [-0.2, -0.15) is 0 Å². The normalized spacial score (nSPS) is 21.1. The van der Waals surface area contributed by atoms with Gasteiger partial charge in [-0.15, -0.1) is 0 Å². The van der Waals surface area contributed by atoms with Crippen LogP contribution in [0.15, 0.2) is 43.0 Å². The standard InChI is InChI=1S/C20H28N6O6P2/c1-14(2)25-34(27,31-15-7-5-4-6-8-15)32-33(28-3)29-11-16-9-10-17(30-16)26-13-24-18-19(21)22-12-23-20(18)26/h4-8,12-14,16-17H,9-11H2,1-3H3,(H,25,27)(H2,21,22,23). The van der Waals surface area contributed by atoms with Crippen LogP contribution in [0.1, 0.15) is 32.9 Å². The molecule has 0 amide bonds. The molecule has 3 N–H and O–H groups in total. The van der Waals surface area contributed by atoms with E-state index in [1.165, 1.54) is 13.4 Å². The Morgan fingerprint density at radius 3 is 2.79 bits per heavy atom. The number of para-hydroxylation sites is 1. The van der Waals surface area contributed by atoms with Gasteiger partial charge in [-0.3, -0.25) is 4.57 Å². The molecule has 0 spiro atoms. The number of benzene rings is 1. The zero-order chi connectivity index (χ0) is 24.1. The third kappa shape index (κ3) is 6.09. The maximum absolute atomic E-state index is 13.4. The molecule has 0 saturated carbocycles. The molecule has 1 aromatic carbocycles. The van der Waals surface area contributed by atoms with Crippen LogP contribution in [-0.4, -0.2) is 45.4 Å². The Morgan fingerprint density at radius 2 is 2.06 bits per heavy atom. The average molecular weight is 510 g/mol. The number of fused-ring (bicyclic) bond motifs is 1. The zero-order valence-electron chi connectivity index (χ0n) is 19.1. The summed E-state index contributed by atoms with van der Waals surface area (Å²) in [6.07, 6.45) is 4.02. The number of aromatic nitrogens is 4. The summed E-state index contributed by atoms with van der Waals surface area (Å²) in [4.78, 5) is 12.5. The number of ether oxygens (including phenoxy) is 1. The number of nitrogens with two attached hydrogens (primary N) is 1. The van der Waals surface area contributed by atoms with E-state index in [4.69, 9.17) is 28.4 Å². The van der Waals surface area contributed by atoms with Crippen LogP contribution in [0.4, 0.5) is 5.82 Å². The molecule has 12 nitrogen and oxygen atoms in total. The molecule has 34 heavy (non-hydrogen) atoms. The van der Waals surface area contributed by atoms with Crippen molar-refractivity contribution < 1.29 is 27.2 Å². The van der Waals surface area contributed by atoms with Crippen molar-refractivity contribution in [2.24, 2.45) is 0 Å². The molecule has 14 heteroatoms. The Hall–Kier alpha value is -2.17. The number of hydrogen-bond acceptors (Lipinski definition) is 10. The lowest BCUT2D eigenvalue weighted by Crippen LogP contribution is -2.23. The lowest BCUT2D eigenvalue weighted by atomic mass is 10.2. The predicted octanol–water partition coefficient (Wildman–Crippen LogP) is 4.18.